The SMILES string of the molecule is Cc1cc(-c2ccc3c(c2)OCCO3)n2nc(Cc3ccc(OCCN4CCCC4)cc3)nc2c1. The first-order valence-electron chi connectivity index (χ1n) is 12.4. The lowest BCUT2D eigenvalue weighted by Crippen LogP contribution is -2.25. The van der Waals surface area contributed by atoms with Gasteiger partial charge in [0.2, 0.25) is 0 Å². The van der Waals surface area contributed by atoms with Crippen LogP contribution in [0.15, 0.2) is 54.6 Å². The third-order valence-electron chi connectivity index (χ3n) is 6.62. The topological polar surface area (TPSA) is 61.1 Å². The Balaban J connectivity index is 1.19. The first-order chi connectivity index (χ1) is 17.2. The maximum Gasteiger partial charge on any atom is 0.162 e. The third-order valence-corrected chi connectivity index (χ3v) is 6.62. The number of hydrogen-bond acceptors (Lipinski definition) is 6. The van der Waals surface area contributed by atoms with Crippen LogP contribution >= 0.6 is 0 Å². The maximum atomic E-state index is 5.94. The van der Waals surface area contributed by atoms with Gasteiger partial charge in [0.15, 0.2) is 23.0 Å². The van der Waals surface area contributed by atoms with Gasteiger partial charge in [0.1, 0.15) is 25.6 Å². The van der Waals surface area contributed by atoms with Crippen LogP contribution in [-0.2, 0) is 6.42 Å². The summed E-state index contributed by atoms with van der Waals surface area (Å²) in [4.78, 5) is 7.28. The Morgan fingerprint density at radius 1 is 0.914 bits per heavy atom. The van der Waals surface area contributed by atoms with Crippen LogP contribution in [0.4, 0.5) is 0 Å². The van der Waals surface area contributed by atoms with Gasteiger partial charge in [-0.25, -0.2) is 9.50 Å². The normalized spacial score (nSPS) is 15.6. The molecule has 4 aromatic rings. The molecule has 2 aliphatic heterocycles. The smallest absolute Gasteiger partial charge is 0.162 e. The van der Waals surface area contributed by atoms with E-state index in [2.05, 4.69) is 36.1 Å². The maximum absolute atomic E-state index is 5.94. The number of aryl methyl sites for hydroxylation is 1. The fourth-order valence-corrected chi connectivity index (χ4v) is 4.83. The summed E-state index contributed by atoms with van der Waals surface area (Å²) in [6.07, 6.45) is 3.28. The zero-order chi connectivity index (χ0) is 23.6. The zero-order valence-electron chi connectivity index (χ0n) is 20.1. The molecule has 0 aliphatic carbocycles. The number of fused-ring (bicyclic) bond motifs is 2. The number of rotatable bonds is 7. The Bertz CT molecular complexity index is 1330. The first-order valence-corrected chi connectivity index (χ1v) is 12.4. The molecule has 0 N–H and O–H groups in total. The molecule has 0 saturated carbocycles. The van der Waals surface area contributed by atoms with Crippen molar-refractivity contribution in [1.82, 2.24) is 19.5 Å². The summed E-state index contributed by atoms with van der Waals surface area (Å²) >= 11 is 0. The largest absolute Gasteiger partial charge is 0.492 e. The molecule has 35 heavy (non-hydrogen) atoms. The van der Waals surface area contributed by atoms with Crippen molar-refractivity contribution in [3.05, 3.63) is 71.5 Å². The molecular formula is C28H30N4O3. The minimum Gasteiger partial charge on any atom is -0.492 e. The minimum absolute atomic E-state index is 0.565. The summed E-state index contributed by atoms with van der Waals surface area (Å²) in [6.45, 7) is 7.36. The fourth-order valence-electron chi connectivity index (χ4n) is 4.83. The van der Waals surface area contributed by atoms with Crippen molar-refractivity contribution in [1.29, 1.82) is 0 Å². The van der Waals surface area contributed by atoms with Crippen LogP contribution in [0.3, 0.4) is 0 Å². The summed E-state index contributed by atoms with van der Waals surface area (Å²) in [6, 6.07) is 18.5. The van der Waals surface area contributed by atoms with Gasteiger partial charge in [-0.2, -0.15) is 5.10 Å². The van der Waals surface area contributed by atoms with Crippen LogP contribution in [0.5, 0.6) is 17.2 Å². The summed E-state index contributed by atoms with van der Waals surface area (Å²) in [5, 5.41) is 4.85. The number of aromatic nitrogens is 3. The molecule has 6 rings (SSSR count). The van der Waals surface area contributed by atoms with Crippen molar-refractivity contribution >= 4 is 5.65 Å². The molecule has 7 nitrogen and oxygen atoms in total. The van der Waals surface area contributed by atoms with E-state index in [1.165, 1.54) is 25.9 Å². The lowest BCUT2D eigenvalue weighted by molar-refractivity contribution is 0.171. The van der Waals surface area contributed by atoms with Crippen molar-refractivity contribution in [3.8, 4) is 28.5 Å². The van der Waals surface area contributed by atoms with Gasteiger partial charge in [-0.1, -0.05) is 12.1 Å². The molecule has 0 radical (unpaired) electrons. The second kappa shape index (κ2) is 9.58. The summed E-state index contributed by atoms with van der Waals surface area (Å²) in [5.41, 5.74) is 5.14. The van der Waals surface area contributed by atoms with E-state index in [9.17, 15) is 0 Å². The van der Waals surface area contributed by atoms with E-state index < -0.39 is 0 Å². The number of pyridine rings is 1. The number of benzene rings is 2. The Labute approximate surface area is 205 Å². The molecule has 4 heterocycles. The van der Waals surface area contributed by atoms with Gasteiger partial charge in [-0.15, -0.1) is 0 Å². The minimum atomic E-state index is 0.565. The molecule has 0 amide bonds. The highest BCUT2D eigenvalue weighted by Crippen LogP contribution is 2.35. The Kier molecular flexibility index (Phi) is 6.00. The highest BCUT2D eigenvalue weighted by Gasteiger charge is 2.16. The van der Waals surface area contributed by atoms with Gasteiger partial charge in [-0.05, 0) is 86.4 Å². The molecule has 0 unspecified atom stereocenters. The van der Waals surface area contributed by atoms with Gasteiger partial charge >= 0.3 is 0 Å². The van der Waals surface area contributed by atoms with Crippen molar-refractivity contribution in [3.63, 3.8) is 0 Å². The average Bonchev–Trinajstić information content (AvgIpc) is 3.54. The molecule has 0 bridgehead atoms. The van der Waals surface area contributed by atoms with Gasteiger partial charge in [0.05, 0.1) is 5.69 Å². The molecule has 7 heteroatoms. The third kappa shape index (κ3) is 4.82. The quantitative estimate of drug-likeness (QED) is 0.395. The second-order valence-electron chi connectivity index (χ2n) is 9.29. The molecule has 2 aliphatic rings. The van der Waals surface area contributed by atoms with E-state index in [1.54, 1.807) is 0 Å². The summed E-state index contributed by atoms with van der Waals surface area (Å²) < 4.78 is 19.3. The predicted molar refractivity (Wildman–Crippen MR) is 135 cm³/mol. The van der Waals surface area contributed by atoms with Gasteiger partial charge in [-0.3, -0.25) is 4.90 Å². The van der Waals surface area contributed by atoms with E-state index >= 15 is 0 Å². The Morgan fingerprint density at radius 2 is 1.71 bits per heavy atom. The van der Waals surface area contributed by atoms with E-state index in [0.717, 1.165) is 64.3 Å². The number of ether oxygens (including phenoxy) is 3. The molecule has 0 atom stereocenters. The van der Waals surface area contributed by atoms with E-state index in [0.29, 0.717) is 19.6 Å². The highest BCUT2D eigenvalue weighted by molar-refractivity contribution is 5.67. The van der Waals surface area contributed by atoms with Crippen LogP contribution in [-0.4, -0.2) is 59.0 Å². The van der Waals surface area contributed by atoms with Crippen molar-refractivity contribution in [2.75, 3.05) is 39.5 Å². The molecule has 1 fully saturated rings. The lowest BCUT2D eigenvalue weighted by Gasteiger charge is -2.19. The van der Waals surface area contributed by atoms with Crippen molar-refractivity contribution in [2.24, 2.45) is 0 Å². The lowest BCUT2D eigenvalue weighted by atomic mass is 10.1. The Hall–Kier alpha value is -3.58. The van der Waals surface area contributed by atoms with Crippen LogP contribution in [0.2, 0.25) is 0 Å². The molecule has 2 aromatic heterocycles. The van der Waals surface area contributed by atoms with E-state index in [-0.39, 0.29) is 0 Å². The predicted octanol–water partition coefficient (Wildman–Crippen LogP) is 4.54. The average molecular weight is 471 g/mol. The van der Waals surface area contributed by atoms with Gasteiger partial charge in [0.25, 0.3) is 0 Å². The molecule has 180 valence electrons. The van der Waals surface area contributed by atoms with Crippen LogP contribution in [0.1, 0.15) is 29.8 Å². The first kappa shape index (κ1) is 21.9. The van der Waals surface area contributed by atoms with Gasteiger partial charge in [0, 0.05) is 18.5 Å². The number of hydrogen-bond donors (Lipinski definition) is 0. The van der Waals surface area contributed by atoms with E-state index in [1.807, 2.05) is 34.8 Å². The highest BCUT2D eigenvalue weighted by atomic mass is 16.6. The summed E-state index contributed by atoms with van der Waals surface area (Å²) in [5.74, 6) is 3.25. The zero-order valence-corrected chi connectivity index (χ0v) is 20.1. The molecular weight excluding hydrogens is 440 g/mol. The van der Waals surface area contributed by atoms with Crippen LogP contribution in [0.25, 0.3) is 16.9 Å². The van der Waals surface area contributed by atoms with Crippen LogP contribution < -0.4 is 14.2 Å². The van der Waals surface area contributed by atoms with Crippen molar-refractivity contribution in [2.45, 2.75) is 26.2 Å². The number of likely N-dealkylation sites (tertiary alicyclic amines) is 1. The second-order valence-corrected chi connectivity index (χ2v) is 9.29. The number of nitrogens with zero attached hydrogens (tertiary/aromatic N) is 4. The van der Waals surface area contributed by atoms with Gasteiger partial charge < -0.3 is 14.2 Å². The molecule has 0 spiro atoms. The Morgan fingerprint density at radius 3 is 2.54 bits per heavy atom. The standard InChI is InChI=1S/C28H30N4O3/c1-20-16-24(22-6-9-25-26(19-22)35-15-14-34-25)32-28(17-20)29-27(30-32)18-21-4-7-23(8-5-21)33-13-12-31-10-2-3-11-31/h4-9,16-17,19H,2-3,10-15,18H2,1H3. The molecule has 1 saturated heterocycles. The monoisotopic (exact) mass is 470 g/mol. The fraction of sp³-hybridized carbons (Fsp3) is 0.357. The van der Waals surface area contributed by atoms with Crippen LogP contribution in [0, 0.1) is 6.92 Å². The van der Waals surface area contributed by atoms with E-state index in [4.69, 9.17) is 24.3 Å². The van der Waals surface area contributed by atoms with Crippen molar-refractivity contribution < 1.29 is 14.2 Å². The molecule has 2 aromatic carbocycles. The summed E-state index contributed by atoms with van der Waals surface area (Å²) in [7, 11) is 0.